The zero-order chi connectivity index (χ0) is 24.7. The van der Waals surface area contributed by atoms with Gasteiger partial charge in [-0.05, 0) is 68.8 Å². The number of benzene rings is 2. The van der Waals surface area contributed by atoms with Gasteiger partial charge in [-0.25, -0.2) is 9.78 Å². The molecule has 0 aliphatic carbocycles. The number of rotatable bonds is 5. The van der Waals surface area contributed by atoms with Crippen LogP contribution in [0.25, 0.3) is 16.6 Å². The van der Waals surface area contributed by atoms with Gasteiger partial charge in [0.25, 0.3) is 5.56 Å². The Hall–Kier alpha value is -3.52. The van der Waals surface area contributed by atoms with Gasteiger partial charge >= 0.3 is 5.97 Å². The summed E-state index contributed by atoms with van der Waals surface area (Å²) in [6.07, 6.45) is 1.68. The van der Waals surface area contributed by atoms with E-state index in [0.717, 1.165) is 32.7 Å². The third kappa shape index (κ3) is 4.21. The molecule has 2 aromatic carbocycles. The van der Waals surface area contributed by atoms with Crippen molar-refractivity contribution in [2.75, 3.05) is 0 Å². The third-order valence-corrected chi connectivity index (χ3v) is 6.31. The van der Waals surface area contributed by atoms with Gasteiger partial charge in [0.15, 0.2) is 0 Å². The maximum Gasteiger partial charge on any atom is 0.335 e. The number of carbonyl (C=O) groups is 1. The smallest absolute Gasteiger partial charge is 0.335 e. The molecule has 8 heteroatoms. The average Bonchev–Trinajstić information content (AvgIpc) is 3.06. The van der Waals surface area contributed by atoms with Crippen molar-refractivity contribution in [3.63, 3.8) is 0 Å². The Bertz CT molecular complexity index is 1530. The summed E-state index contributed by atoms with van der Waals surface area (Å²) in [4.78, 5) is 29.3. The topological polar surface area (TPSA) is 89.5 Å². The van der Waals surface area contributed by atoms with Crippen molar-refractivity contribution in [3.8, 4) is 5.69 Å². The van der Waals surface area contributed by atoms with Gasteiger partial charge < -0.3 is 9.67 Å². The predicted molar refractivity (Wildman–Crippen MR) is 138 cm³/mol. The Morgan fingerprint density at radius 3 is 2.50 bits per heavy atom. The molecule has 174 valence electrons. The van der Waals surface area contributed by atoms with Crippen LogP contribution < -0.4 is 5.56 Å². The van der Waals surface area contributed by atoms with E-state index in [9.17, 15) is 14.7 Å². The van der Waals surface area contributed by atoms with Gasteiger partial charge in [-0.1, -0.05) is 29.8 Å². The first-order valence-electron chi connectivity index (χ1n) is 10.9. The summed E-state index contributed by atoms with van der Waals surface area (Å²) in [5.74, 6) is -0.364. The third-order valence-electron chi connectivity index (χ3n) is 5.82. The Morgan fingerprint density at radius 1 is 1.12 bits per heavy atom. The van der Waals surface area contributed by atoms with Gasteiger partial charge in [-0.2, -0.15) is 9.78 Å². The van der Waals surface area contributed by atoms with Crippen molar-refractivity contribution in [1.82, 2.24) is 14.2 Å². The van der Waals surface area contributed by atoms with E-state index in [1.54, 1.807) is 24.4 Å². The molecule has 0 saturated carbocycles. The molecule has 0 unspecified atom stereocenters. The molecule has 1 N–H and O–H groups in total. The standard InChI is InChI=1S/C26H25BrN4O3/c1-14(2)24-29-22-8-7-20(27)12-21(22)25(32)31(24)28-13-19-11-16(4)30(17(19)5)23-9-6-18(26(33)34)10-15(23)3/h6-14H,1-5H3,(H,33,34). The predicted octanol–water partition coefficient (Wildman–Crippen LogP) is 5.58. The van der Waals surface area contributed by atoms with Crippen molar-refractivity contribution in [3.05, 3.63) is 91.2 Å². The van der Waals surface area contributed by atoms with E-state index in [4.69, 9.17) is 4.98 Å². The van der Waals surface area contributed by atoms with Crippen LogP contribution in [0.4, 0.5) is 0 Å². The Labute approximate surface area is 205 Å². The second-order valence-electron chi connectivity index (χ2n) is 8.62. The molecule has 2 aromatic heterocycles. The van der Waals surface area contributed by atoms with E-state index < -0.39 is 5.97 Å². The zero-order valence-corrected chi connectivity index (χ0v) is 21.2. The number of aryl methyl sites for hydroxylation is 2. The molecule has 0 spiro atoms. The van der Waals surface area contributed by atoms with Crippen LogP contribution in [0.5, 0.6) is 0 Å². The lowest BCUT2D eigenvalue weighted by Gasteiger charge is -2.13. The highest BCUT2D eigenvalue weighted by atomic mass is 79.9. The van der Waals surface area contributed by atoms with Crippen LogP contribution in [0.1, 0.15) is 58.5 Å². The van der Waals surface area contributed by atoms with Crippen molar-refractivity contribution in [2.24, 2.45) is 5.10 Å². The fourth-order valence-electron chi connectivity index (χ4n) is 4.10. The van der Waals surface area contributed by atoms with Gasteiger partial charge in [0.05, 0.1) is 22.7 Å². The maximum atomic E-state index is 13.3. The minimum absolute atomic E-state index is 0.000674. The number of carboxylic acids is 1. The fraction of sp³-hybridized carbons (Fsp3) is 0.231. The van der Waals surface area contributed by atoms with Gasteiger partial charge in [0, 0.05) is 33.0 Å². The summed E-state index contributed by atoms with van der Waals surface area (Å²) in [5, 5.41) is 14.3. The van der Waals surface area contributed by atoms with E-state index in [1.807, 2.05) is 58.9 Å². The van der Waals surface area contributed by atoms with E-state index in [2.05, 4.69) is 25.6 Å². The van der Waals surface area contributed by atoms with Crippen LogP contribution in [0.2, 0.25) is 0 Å². The monoisotopic (exact) mass is 520 g/mol. The van der Waals surface area contributed by atoms with E-state index in [0.29, 0.717) is 16.7 Å². The Kier molecular flexibility index (Phi) is 6.27. The van der Waals surface area contributed by atoms with Crippen LogP contribution in [0.3, 0.4) is 0 Å². The lowest BCUT2D eigenvalue weighted by atomic mass is 10.1. The number of hydrogen-bond acceptors (Lipinski definition) is 4. The molecule has 0 aliphatic heterocycles. The quantitative estimate of drug-likeness (QED) is 0.348. The van der Waals surface area contributed by atoms with Crippen molar-refractivity contribution >= 4 is 39.0 Å². The number of nitrogens with zero attached hydrogens (tertiary/aromatic N) is 4. The van der Waals surface area contributed by atoms with E-state index >= 15 is 0 Å². The summed E-state index contributed by atoms with van der Waals surface area (Å²) in [6.45, 7) is 9.81. The molecular weight excluding hydrogens is 496 g/mol. The molecular formula is C26H25BrN4O3. The second-order valence-corrected chi connectivity index (χ2v) is 9.53. The summed E-state index contributed by atoms with van der Waals surface area (Å²) < 4.78 is 4.24. The van der Waals surface area contributed by atoms with Crippen LogP contribution in [0, 0.1) is 20.8 Å². The lowest BCUT2D eigenvalue weighted by Crippen LogP contribution is -2.23. The normalized spacial score (nSPS) is 11.7. The average molecular weight is 521 g/mol. The highest BCUT2D eigenvalue weighted by Gasteiger charge is 2.16. The molecule has 0 bridgehead atoms. The molecule has 4 rings (SSSR count). The van der Waals surface area contributed by atoms with Gasteiger partial charge in [0.2, 0.25) is 0 Å². The summed E-state index contributed by atoms with van der Waals surface area (Å²) in [7, 11) is 0. The van der Waals surface area contributed by atoms with Crippen LogP contribution in [0.15, 0.2) is 56.8 Å². The van der Waals surface area contributed by atoms with E-state index in [-0.39, 0.29) is 17.0 Å². The lowest BCUT2D eigenvalue weighted by molar-refractivity contribution is 0.0697. The fourth-order valence-corrected chi connectivity index (χ4v) is 4.46. The molecule has 34 heavy (non-hydrogen) atoms. The summed E-state index contributed by atoms with van der Waals surface area (Å²) in [5.41, 5.74) is 5.19. The van der Waals surface area contributed by atoms with Crippen molar-refractivity contribution < 1.29 is 9.90 Å². The zero-order valence-electron chi connectivity index (χ0n) is 19.6. The molecule has 0 saturated heterocycles. The first-order chi connectivity index (χ1) is 16.1. The minimum Gasteiger partial charge on any atom is -0.478 e. The highest BCUT2D eigenvalue weighted by molar-refractivity contribution is 9.10. The largest absolute Gasteiger partial charge is 0.478 e. The van der Waals surface area contributed by atoms with Crippen LogP contribution in [-0.4, -0.2) is 31.5 Å². The van der Waals surface area contributed by atoms with Crippen LogP contribution in [-0.2, 0) is 0 Å². The molecule has 0 amide bonds. The van der Waals surface area contributed by atoms with Crippen molar-refractivity contribution in [2.45, 2.75) is 40.5 Å². The number of carboxylic acid groups (broad SMARTS) is 1. The summed E-state index contributed by atoms with van der Waals surface area (Å²) in [6, 6.07) is 12.5. The van der Waals surface area contributed by atoms with Crippen molar-refractivity contribution in [1.29, 1.82) is 0 Å². The molecule has 7 nitrogen and oxygen atoms in total. The first kappa shape index (κ1) is 23.6. The Morgan fingerprint density at radius 2 is 1.85 bits per heavy atom. The minimum atomic E-state index is -0.953. The SMILES string of the molecule is Cc1cc(C(=O)O)ccc1-n1c(C)cc(C=Nn2c(C(C)C)nc3ccc(Br)cc3c2=O)c1C. The first-order valence-corrected chi connectivity index (χ1v) is 11.7. The number of halogens is 1. The molecule has 2 heterocycles. The Balaban J connectivity index is 1.82. The van der Waals surface area contributed by atoms with Gasteiger partial charge in [-0.3, -0.25) is 4.79 Å². The molecule has 0 radical (unpaired) electrons. The number of hydrogen-bond donors (Lipinski definition) is 1. The number of aromatic nitrogens is 3. The second kappa shape index (κ2) is 9.02. The van der Waals surface area contributed by atoms with Crippen LogP contribution >= 0.6 is 15.9 Å². The van der Waals surface area contributed by atoms with E-state index in [1.165, 1.54) is 4.68 Å². The van der Waals surface area contributed by atoms with Gasteiger partial charge in [-0.15, -0.1) is 0 Å². The van der Waals surface area contributed by atoms with Gasteiger partial charge in [0.1, 0.15) is 5.82 Å². The summed E-state index contributed by atoms with van der Waals surface area (Å²) >= 11 is 3.43. The number of fused-ring (bicyclic) bond motifs is 1. The molecule has 0 fully saturated rings. The number of aromatic carboxylic acids is 1. The molecule has 0 aliphatic rings. The molecule has 0 atom stereocenters. The molecule has 4 aromatic rings. The highest BCUT2D eigenvalue weighted by Crippen LogP contribution is 2.24. The maximum absolute atomic E-state index is 13.3.